The van der Waals surface area contributed by atoms with Crippen molar-refractivity contribution in [1.29, 1.82) is 0 Å². The van der Waals surface area contributed by atoms with Crippen molar-refractivity contribution >= 4 is 16.9 Å². The minimum atomic E-state index is 0. The fourth-order valence-corrected chi connectivity index (χ4v) is 1.60. The third kappa shape index (κ3) is 6.68. The number of thioether (sulfide) groups is 1. The van der Waals surface area contributed by atoms with Crippen LogP contribution in [-0.2, 0) is 11.3 Å². The molecule has 0 aromatic carbocycles. The molecule has 0 aliphatic heterocycles. The molecule has 0 radical (unpaired) electrons. The fourth-order valence-electron chi connectivity index (χ4n) is 1.25. The monoisotopic (exact) mass is 289 g/mol. The van der Waals surface area contributed by atoms with Crippen LogP contribution in [0.25, 0.3) is 0 Å². The Morgan fingerprint density at radius 3 is 2.47 bits per heavy atom. The lowest BCUT2D eigenvalue weighted by atomic mass is 10.2. The molecule has 1 rings (SSSR count). The van der Waals surface area contributed by atoms with Crippen molar-refractivity contribution < 1.29 is 26.3 Å². The molecule has 0 saturated heterocycles. The fraction of sp³-hybridized carbons (Fsp3) is 0.455. The van der Waals surface area contributed by atoms with Gasteiger partial charge in [0.25, 0.3) is 0 Å². The Hall–Kier alpha value is -0.350. The van der Waals surface area contributed by atoms with Gasteiger partial charge in [0, 0.05) is 25.0 Å². The van der Waals surface area contributed by atoms with Gasteiger partial charge in [0.1, 0.15) is 6.54 Å². The zero-order chi connectivity index (χ0) is 10.2. The van der Waals surface area contributed by atoms with Gasteiger partial charge < -0.3 is 17.0 Å². The highest BCUT2D eigenvalue weighted by Crippen LogP contribution is 2.04. The third-order valence-electron chi connectivity index (χ3n) is 2.05. The number of carbonyl (C=O) groups is 1. The molecule has 2 nitrogen and oxygen atoms in total. The van der Waals surface area contributed by atoms with Gasteiger partial charge >= 0.3 is 0 Å². The summed E-state index contributed by atoms with van der Waals surface area (Å²) in [6.45, 7) is 1.00. The molecule has 1 aromatic heterocycles. The lowest BCUT2D eigenvalue weighted by Gasteiger charge is -1.96. The summed E-state index contributed by atoms with van der Waals surface area (Å²) in [5, 5.41) is 0.295. The molecule has 1 heterocycles. The van der Waals surface area contributed by atoms with Gasteiger partial charge in [-0.2, -0.15) is 0 Å². The van der Waals surface area contributed by atoms with Gasteiger partial charge in [-0.3, -0.25) is 4.79 Å². The van der Waals surface area contributed by atoms with E-state index in [-0.39, 0.29) is 17.0 Å². The van der Waals surface area contributed by atoms with Gasteiger partial charge in [0.15, 0.2) is 17.5 Å². The van der Waals surface area contributed by atoms with Crippen molar-refractivity contribution in [3.05, 3.63) is 30.6 Å². The zero-order valence-electron chi connectivity index (χ0n) is 8.86. The molecule has 84 valence electrons. The Labute approximate surface area is 106 Å². The standard InChI is InChI=1S/C11H16NOS.BrH/c1-14-11(13)7-3-6-10-12-8-4-2-5-9-12;/h2,4-5,8-9H,3,6-7,10H2,1H3;1H/q+1;/p-1. The summed E-state index contributed by atoms with van der Waals surface area (Å²) in [5.74, 6) is 0. The molecular formula is C11H16BrNOS. The predicted octanol–water partition coefficient (Wildman–Crippen LogP) is -0.962. The first-order valence-corrected chi connectivity index (χ1v) is 6.06. The number of aryl methyl sites for hydroxylation is 1. The quantitative estimate of drug-likeness (QED) is 0.514. The van der Waals surface area contributed by atoms with Gasteiger partial charge in [-0.15, -0.1) is 0 Å². The Balaban J connectivity index is 0.00000196. The third-order valence-corrected chi connectivity index (χ3v) is 2.71. The Kier molecular flexibility index (Phi) is 8.71. The maximum Gasteiger partial charge on any atom is 0.188 e. The first kappa shape index (κ1) is 14.6. The summed E-state index contributed by atoms with van der Waals surface area (Å²) in [5.41, 5.74) is 0. The van der Waals surface area contributed by atoms with E-state index < -0.39 is 0 Å². The van der Waals surface area contributed by atoms with Crippen LogP contribution in [0.1, 0.15) is 19.3 Å². The molecular weight excluding hydrogens is 274 g/mol. The van der Waals surface area contributed by atoms with Crippen molar-refractivity contribution in [2.24, 2.45) is 0 Å². The van der Waals surface area contributed by atoms with Crippen LogP contribution >= 0.6 is 11.8 Å². The van der Waals surface area contributed by atoms with Crippen molar-refractivity contribution in [3.63, 3.8) is 0 Å². The van der Waals surface area contributed by atoms with Gasteiger partial charge in [-0.05, 0) is 12.7 Å². The molecule has 0 unspecified atom stereocenters. The van der Waals surface area contributed by atoms with E-state index in [4.69, 9.17) is 0 Å². The molecule has 0 amide bonds. The number of nitrogens with zero attached hydrogens (tertiary/aromatic N) is 1. The number of aromatic nitrogens is 1. The summed E-state index contributed by atoms with van der Waals surface area (Å²) in [6, 6.07) is 6.05. The van der Waals surface area contributed by atoms with Crippen LogP contribution in [0.3, 0.4) is 0 Å². The highest BCUT2D eigenvalue weighted by molar-refractivity contribution is 8.13. The van der Waals surface area contributed by atoms with Crippen LogP contribution in [0.2, 0.25) is 0 Å². The maximum atomic E-state index is 11.0. The van der Waals surface area contributed by atoms with Gasteiger partial charge in [0.05, 0.1) is 0 Å². The van der Waals surface area contributed by atoms with Crippen LogP contribution in [0.4, 0.5) is 0 Å². The summed E-state index contributed by atoms with van der Waals surface area (Å²) < 4.78 is 2.14. The molecule has 0 spiro atoms. The summed E-state index contributed by atoms with van der Waals surface area (Å²) in [4.78, 5) is 11.0. The predicted molar refractivity (Wildman–Crippen MR) is 59.0 cm³/mol. The van der Waals surface area contributed by atoms with E-state index in [1.165, 1.54) is 11.8 Å². The molecule has 0 aliphatic rings. The summed E-state index contributed by atoms with van der Waals surface area (Å²) in [7, 11) is 0. The molecule has 0 aliphatic carbocycles. The van der Waals surface area contributed by atoms with E-state index in [2.05, 4.69) is 17.0 Å². The maximum absolute atomic E-state index is 11.0. The number of halogens is 1. The number of unbranched alkanes of at least 4 members (excludes halogenated alkanes) is 1. The number of hydrogen-bond donors (Lipinski definition) is 0. The number of hydrogen-bond acceptors (Lipinski definition) is 2. The second-order valence-corrected chi connectivity index (χ2v) is 4.01. The first-order valence-electron chi connectivity index (χ1n) is 4.84. The number of pyridine rings is 1. The van der Waals surface area contributed by atoms with E-state index in [1.807, 2.05) is 24.5 Å². The first-order chi connectivity index (χ1) is 6.83. The average Bonchev–Trinajstić information content (AvgIpc) is 2.25. The molecule has 0 bridgehead atoms. The topological polar surface area (TPSA) is 20.9 Å². The van der Waals surface area contributed by atoms with Crippen LogP contribution < -0.4 is 21.5 Å². The van der Waals surface area contributed by atoms with E-state index >= 15 is 0 Å². The Morgan fingerprint density at radius 2 is 1.87 bits per heavy atom. The largest absolute Gasteiger partial charge is 1.00 e. The zero-order valence-corrected chi connectivity index (χ0v) is 11.3. The van der Waals surface area contributed by atoms with E-state index in [9.17, 15) is 4.79 Å². The molecule has 0 fully saturated rings. The van der Waals surface area contributed by atoms with Crippen molar-refractivity contribution in [1.82, 2.24) is 0 Å². The van der Waals surface area contributed by atoms with E-state index in [0.717, 1.165) is 19.4 Å². The molecule has 0 atom stereocenters. The lowest BCUT2D eigenvalue weighted by molar-refractivity contribution is -0.697. The lowest BCUT2D eigenvalue weighted by Crippen LogP contribution is -3.00. The normalized spacial score (nSPS) is 9.40. The van der Waals surface area contributed by atoms with Crippen LogP contribution in [0.5, 0.6) is 0 Å². The minimum Gasteiger partial charge on any atom is -1.00 e. The van der Waals surface area contributed by atoms with Crippen molar-refractivity contribution in [3.8, 4) is 0 Å². The van der Waals surface area contributed by atoms with Gasteiger partial charge in [-0.25, -0.2) is 4.57 Å². The molecule has 15 heavy (non-hydrogen) atoms. The van der Waals surface area contributed by atoms with Gasteiger partial charge in [-0.1, -0.05) is 17.8 Å². The highest BCUT2D eigenvalue weighted by atomic mass is 79.9. The molecule has 0 N–H and O–H groups in total. The number of carbonyl (C=O) groups excluding carboxylic acids is 1. The average molecular weight is 290 g/mol. The van der Waals surface area contributed by atoms with E-state index in [1.54, 1.807) is 0 Å². The van der Waals surface area contributed by atoms with Crippen LogP contribution in [0.15, 0.2) is 30.6 Å². The molecule has 4 heteroatoms. The van der Waals surface area contributed by atoms with E-state index in [0.29, 0.717) is 11.5 Å². The minimum absolute atomic E-state index is 0. The van der Waals surface area contributed by atoms with Crippen LogP contribution in [0, 0.1) is 0 Å². The smallest absolute Gasteiger partial charge is 0.188 e. The Bertz CT molecular complexity index is 279. The summed E-state index contributed by atoms with van der Waals surface area (Å²) >= 11 is 1.33. The summed E-state index contributed by atoms with van der Waals surface area (Å²) in [6.07, 6.45) is 8.71. The molecule has 0 saturated carbocycles. The number of rotatable bonds is 5. The molecule has 1 aromatic rings. The van der Waals surface area contributed by atoms with Crippen molar-refractivity contribution in [2.45, 2.75) is 25.8 Å². The highest BCUT2D eigenvalue weighted by Gasteiger charge is 2.01. The van der Waals surface area contributed by atoms with Gasteiger partial charge in [0.2, 0.25) is 0 Å². The second kappa shape index (κ2) is 8.92. The van der Waals surface area contributed by atoms with Crippen molar-refractivity contribution in [2.75, 3.05) is 6.26 Å². The Morgan fingerprint density at radius 1 is 1.20 bits per heavy atom. The van der Waals surface area contributed by atoms with Crippen LogP contribution in [-0.4, -0.2) is 11.4 Å². The second-order valence-electron chi connectivity index (χ2n) is 3.15. The SMILES string of the molecule is CSC(=O)CCCC[n+]1ccccc1.[Br-].